The molecule has 1 N–H and O–H groups in total. The summed E-state index contributed by atoms with van der Waals surface area (Å²) in [5.74, 6) is -0.874. The standard InChI is InChI=1S/C27H21Cl2NO4/c1-33-26(16-34-25-12-9-20(28)14-23(25)27(31)32)19-4-2-3-17(13-19)5-10-22-11-7-18-6-8-21(29)15-24(18)30-22/h2-15,26H,16H2,1H3,(H,31,32)/b10-5+. The van der Waals surface area contributed by atoms with Crippen molar-refractivity contribution in [1.82, 2.24) is 4.98 Å². The first-order valence-corrected chi connectivity index (χ1v) is 11.2. The van der Waals surface area contributed by atoms with Gasteiger partial charge in [-0.2, -0.15) is 0 Å². The zero-order valence-electron chi connectivity index (χ0n) is 18.2. The van der Waals surface area contributed by atoms with Gasteiger partial charge in [0.2, 0.25) is 0 Å². The van der Waals surface area contributed by atoms with Crippen molar-refractivity contribution in [2.45, 2.75) is 6.10 Å². The van der Waals surface area contributed by atoms with Crippen LogP contribution in [0.3, 0.4) is 0 Å². The molecule has 0 aliphatic rings. The van der Waals surface area contributed by atoms with Gasteiger partial charge in [0.05, 0.1) is 11.2 Å². The smallest absolute Gasteiger partial charge is 0.339 e. The van der Waals surface area contributed by atoms with E-state index in [1.54, 1.807) is 19.2 Å². The van der Waals surface area contributed by atoms with Crippen LogP contribution in [0.1, 0.15) is 33.3 Å². The molecule has 1 aromatic heterocycles. The molecule has 0 saturated carbocycles. The normalized spacial score (nSPS) is 12.2. The van der Waals surface area contributed by atoms with Gasteiger partial charge >= 0.3 is 5.97 Å². The number of halogens is 2. The Balaban J connectivity index is 1.50. The summed E-state index contributed by atoms with van der Waals surface area (Å²) in [6.07, 6.45) is 3.51. The Labute approximate surface area is 207 Å². The van der Waals surface area contributed by atoms with E-state index in [0.29, 0.717) is 10.0 Å². The van der Waals surface area contributed by atoms with Crippen molar-refractivity contribution in [2.24, 2.45) is 0 Å². The molecule has 1 heterocycles. The topological polar surface area (TPSA) is 68.7 Å². The highest BCUT2D eigenvalue weighted by Gasteiger charge is 2.16. The minimum absolute atomic E-state index is 0.00297. The van der Waals surface area contributed by atoms with E-state index in [1.807, 2.05) is 66.7 Å². The summed E-state index contributed by atoms with van der Waals surface area (Å²) < 4.78 is 11.4. The Hall–Kier alpha value is -3.38. The van der Waals surface area contributed by atoms with Crippen LogP contribution < -0.4 is 4.74 Å². The van der Waals surface area contributed by atoms with Crippen molar-refractivity contribution >= 4 is 52.2 Å². The van der Waals surface area contributed by atoms with Crippen molar-refractivity contribution < 1.29 is 19.4 Å². The number of benzene rings is 3. The molecular weight excluding hydrogens is 473 g/mol. The Bertz CT molecular complexity index is 1370. The van der Waals surface area contributed by atoms with Gasteiger partial charge in [-0.1, -0.05) is 59.6 Å². The monoisotopic (exact) mass is 493 g/mol. The summed E-state index contributed by atoms with van der Waals surface area (Å²) in [5.41, 5.74) is 3.51. The van der Waals surface area contributed by atoms with E-state index in [-0.39, 0.29) is 17.9 Å². The number of methoxy groups -OCH3 is 1. The molecular formula is C27H21Cl2NO4. The summed E-state index contributed by atoms with van der Waals surface area (Å²) in [4.78, 5) is 16.1. The van der Waals surface area contributed by atoms with Crippen molar-refractivity contribution in [3.8, 4) is 5.75 Å². The van der Waals surface area contributed by atoms with Crippen LogP contribution in [0.4, 0.5) is 0 Å². The number of carboxylic acid groups (broad SMARTS) is 1. The summed E-state index contributed by atoms with van der Waals surface area (Å²) in [5, 5.41) is 11.4. The minimum atomic E-state index is -1.11. The first-order valence-electron chi connectivity index (χ1n) is 10.5. The van der Waals surface area contributed by atoms with Gasteiger partial charge in [-0.3, -0.25) is 0 Å². The fourth-order valence-electron chi connectivity index (χ4n) is 3.50. The molecule has 1 unspecified atom stereocenters. The van der Waals surface area contributed by atoms with Crippen LogP contribution in [0.15, 0.2) is 72.8 Å². The first-order chi connectivity index (χ1) is 16.4. The van der Waals surface area contributed by atoms with E-state index < -0.39 is 12.1 Å². The molecule has 4 aromatic rings. The highest BCUT2D eigenvalue weighted by Crippen LogP contribution is 2.26. The third-order valence-corrected chi connectivity index (χ3v) is 5.72. The molecule has 1 atom stereocenters. The zero-order valence-corrected chi connectivity index (χ0v) is 19.8. The highest BCUT2D eigenvalue weighted by molar-refractivity contribution is 6.31. The molecule has 4 rings (SSSR count). The number of aromatic carboxylic acids is 1. The Kier molecular flexibility index (Phi) is 7.48. The summed E-state index contributed by atoms with van der Waals surface area (Å²) in [6.45, 7) is 0.137. The Morgan fingerprint density at radius 1 is 1.00 bits per heavy atom. The van der Waals surface area contributed by atoms with E-state index in [1.165, 1.54) is 6.07 Å². The van der Waals surface area contributed by atoms with Gasteiger partial charge in [0, 0.05) is 22.5 Å². The van der Waals surface area contributed by atoms with E-state index in [0.717, 1.165) is 27.7 Å². The summed E-state index contributed by atoms with van der Waals surface area (Å²) >= 11 is 12.0. The Morgan fingerprint density at radius 3 is 2.56 bits per heavy atom. The maximum absolute atomic E-state index is 11.5. The van der Waals surface area contributed by atoms with Crippen LogP contribution >= 0.6 is 23.2 Å². The van der Waals surface area contributed by atoms with Crippen LogP contribution in [0.5, 0.6) is 5.75 Å². The van der Waals surface area contributed by atoms with Crippen LogP contribution in [-0.4, -0.2) is 29.8 Å². The molecule has 0 saturated heterocycles. The number of carboxylic acids is 1. The van der Waals surface area contributed by atoms with Crippen molar-refractivity contribution in [3.63, 3.8) is 0 Å². The molecule has 0 bridgehead atoms. The van der Waals surface area contributed by atoms with Gasteiger partial charge < -0.3 is 14.6 Å². The average molecular weight is 494 g/mol. The number of ether oxygens (including phenoxy) is 2. The number of hydrogen-bond donors (Lipinski definition) is 1. The molecule has 0 spiro atoms. The number of rotatable bonds is 8. The predicted octanol–water partition coefficient (Wildman–Crippen LogP) is 7.18. The fourth-order valence-corrected chi connectivity index (χ4v) is 3.84. The van der Waals surface area contributed by atoms with Gasteiger partial charge in [0.15, 0.2) is 0 Å². The number of pyridine rings is 1. The lowest BCUT2D eigenvalue weighted by Gasteiger charge is -2.18. The molecule has 0 aliphatic heterocycles. The van der Waals surface area contributed by atoms with Gasteiger partial charge in [-0.15, -0.1) is 0 Å². The molecule has 0 amide bonds. The van der Waals surface area contributed by atoms with Crippen LogP contribution in [-0.2, 0) is 4.74 Å². The number of nitrogens with zero attached hydrogens (tertiary/aromatic N) is 1. The van der Waals surface area contributed by atoms with E-state index in [4.69, 9.17) is 32.7 Å². The molecule has 5 nitrogen and oxygen atoms in total. The molecule has 7 heteroatoms. The van der Waals surface area contributed by atoms with Crippen molar-refractivity contribution in [1.29, 1.82) is 0 Å². The number of fused-ring (bicyclic) bond motifs is 1. The third kappa shape index (κ3) is 5.75. The Morgan fingerprint density at radius 2 is 1.76 bits per heavy atom. The number of aromatic nitrogens is 1. The zero-order chi connectivity index (χ0) is 24.1. The molecule has 3 aromatic carbocycles. The largest absolute Gasteiger partial charge is 0.490 e. The maximum atomic E-state index is 11.5. The lowest BCUT2D eigenvalue weighted by Crippen LogP contribution is -2.14. The highest BCUT2D eigenvalue weighted by atomic mass is 35.5. The van der Waals surface area contributed by atoms with Gasteiger partial charge in [0.25, 0.3) is 0 Å². The van der Waals surface area contributed by atoms with Crippen molar-refractivity contribution in [3.05, 3.63) is 105 Å². The van der Waals surface area contributed by atoms with E-state index in [2.05, 4.69) is 4.98 Å². The quantitative estimate of drug-likeness (QED) is 0.281. The summed E-state index contributed by atoms with van der Waals surface area (Å²) in [7, 11) is 1.58. The maximum Gasteiger partial charge on any atom is 0.339 e. The van der Waals surface area contributed by atoms with Crippen LogP contribution in [0.25, 0.3) is 23.1 Å². The number of carbonyl (C=O) groups is 1. The first kappa shape index (κ1) is 23.8. The molecule has 0 fully saturated rings. The second kappa shape index (κ2) is 10.7. The van der Waals surface area contributed by atoms with Gasteiger partial charge in [-0.05, 0) is 59.7 Å². The second-order valence-corrected chi connectivity index (χ2v) is 8.43. The molecule has 0 radical (unpaired) electrons. The SMILES string of the molecule is COC(COc1ccc(Cl)cc1C(=O)O)c1cccc(/C=C/c2ccc3ccc(Cl)cc3n2)c1. The van der Waals surface area contributed by atoms with Crippen LogP contribution in [0.2, 0.25) is 10.0 Å². The third-order valence-electron chi connectivity index (χ3n) is 5.25. The lowest BCUT2D eigenvalue weighted by atomic mass is 10.1. The predicted molar refractivity (Wildman–Crippen MR) is 136 cm³/mol. The molecule has 172 valence electrons. The fraction of sp³-hybridized carbons (Fsp3) is 0.111. The van der Waals surface area contributed by atoms with Gasteiger partial charge in [-0.25, -0.2) is 9.78 Å². The van der Waals surface area contributed by atoms with E-state index >= 15 is 0 Å². The van der Waals surface area contributed by atoms with Crippen molar-refractivity contribution in [2.75, 3.05) is 13.7 Å². The average Bonchev–Trinajstić information content (AvgIpc) is 2.83. The van der Waals surface area contributed by atoms with E-state index in [9.17, 15) is 9.90 Å². The lowest BCUT2D eigenvalue weighted by molar-refractivity contribution is 0.0553. The minimum Gasteiger partial charge on any atom is -0.490 e. The van der Waals surface area contributed by atoms with Gasteiger partial charge in [0.1, 0.15) is 24.0 Å². The number of hydrogen-bond acceptors (Lipinski definition) is 4. The molecule has 0 aliphatic carbocycles. The summed E-state index contributed by atoms with van der Waals surface area (Å²) in [6, 6.07) is 21.9. The second-order valence-electron chi connectivity index (χ2n) is 7.56. The van der Waals surface area contributed by atoms with Crippen LogP contribution in [0, 0.1) is 0 Å². The molecule has 34 heavy (non-hydrogen) atoms.